The third-order valence-corrected chi connectivity index (χ3v) is 3.95. The highest BCUT2D eigenvalue weighted by Gasteiger charge is 2.27. The van der Waals surface area contributed by atoms with Gasteiger partial charge in [0.05, 0.1) is 0 Å². The molecule has 0 saturated carbocycles. The molecule has 0 spiro atoms. The van der Waals surface area contributed by atoms with Crippen molar-refractivity contribution in [2.24, 2.45) is 0 Å². The summed E-state index contributed by atoms with van der Waals surface area (Å²) in [4.78, 5) is 18.4. The van der Waals surface area contributed by atoms with Crippen LogP contribution in [0.2, 0.25) is 0 Å². The number of aryl methyl sites for hydroxylation is 1. The monoisotopic (exact) mass is 266 g/mol. The van der Waals surface area contributed by atoms with Crippen LogP contribution in [0.5, 0.6) is 0 Å². The first-order valence-electron chi connectivity index (χ1n) is 7.00. The molecular formula is C17H18N2O. The Morgan fingerprint density at radius 1 is 1.15 bits per heavy atom. The quantitative estimate of drug-likeness (QED) is 0.837. The van der Waals surface area contributed by atoms with Gasteiger partial charge in [-0.15, -0.1) is 0 Å². The Balaban J connectivity index is 1.71. The third-order valence-electron chi connectivity index (χ3n) is 3.95. The fraction of sp³-hybridized carbons (Fsp3) is 0.294. The molecule has 1 amide bonds. The Labute approximate surface area is 119 Å². The lowest BCUT2D eigenvalue weighted by Gasteiger charge is -2.17. The summed E-state index contributed by atoms with van der Waals surface area (Å²) in [6, 6.07) is 11.9. The maximum Gasteiger partial charge on any atom is 0.253 e. The van der Waals surface area contributed by atoms with Crippen LogP contribution in [0.25, 0.3) is 0 Å². The van der Waals surface area contributed by atoms with E-state index in [1.807, 2.05) is 60.6 Å². The van der Waals surface area contributed by atoms with Crippen molar-refractivity contribution < 1.29 is 4.79 Å². The number of pyridine rings is 1. The Kier molecular flexibility index (Phi) is 3.50. The number of carbonyl (C=O) groups is 1. The second-order valence-corrected chi connectivity index (χ2v) is 5.38. The minimum Gasteiger partial charge on any atom is -0.338 e. The van der Waals surface area contributed by atoms with Crippen molar-refractivity contribution in [1.29, 1.82) is 0 Å². The molecule has 1 aliphatic rings. The van der Waals surface area contributed by atoms with Crippen LogP contribution in [0.3, 0.4) is 0 Å². The highest BCUT2D eigenvalue weighted by molar-refractivity contribution is 5.94. The van der Waals surface area contributed by atoms with Gasteiger partial charge in [0, 0.05) is 37.0 Å². The number of benzene rings is 1. The van der Waals surface area contributed by atoms with E-state index >= 15 is 0 Å². The summed E-state index contributed by atoms with van der Waals surface area (Å²) in [6.45, 7) is 3.67. The maximum atomic E-state index is 12.4. The molecule has 0 N–H and O–H groups in total. The number of nitrogens with zero attached hydrogens (tertiary/aromatic N) is 2. The Morgan fingerprint density at radius 3 is 2.55 bits per heavy atom. The number of rotatable bonds is 2. The van der Waals surface area contributed by atoms with Crippen molar-refractivity contribution in [2.75, 3.05) is 13.1 Å². The van der Waals surface area contributed by atoms with Crippen LogP contribution in [0.15, 0.2) is 48.8 Å². The summed E-state index contributed by atoms with van der Waals surface area (Å²) >= 11 is 0. The average molecular weight is 266 g/mol. The molecule has 102 valence electrons. The van der Waals surface area contributed by atoms with Crippen molar-refractivity contribution in [2.45, 2.75) is 19.3 Å². The molecule has 1 aliphatic heterocycles. The summed E-state index contributed by atoms with van der Waals surface area (Å²) in [7, 11) is 0. The van der Waals surface area contributed by atoms with Crippen molar-refractivity contribution in [3.63, 3.8) is 0 Å². The molecule has 20 heavy (non-hydrogen) atoms. The first-order valence-corrected chi connectivity index (χ1v) is 7.00. The van der Waals surface area contributed by atoms with Gasteiger partial charge in [-0.3, -0.25) is 9.78 Å². The molecule has 2 heterocycles. The van der Waals surface area contributed by atoms with E-state index in [0.29, 0.717) is 5.92 Å². The second-order valence-electron chi connectivity index (χ2n) is 5.38. The largest absolute Gasteiger partial charge is 0.338 e. The standard InChI is InChI=1S/C17H18N2O/c1-13-2-4-15(5-3-13)17(20)19-11-8-16(12-19)14-6-9-18-10-7-14/h2-7,9-10,16H,8,11-12H2,1H3. The Hall–Kier alpha value is -2.16. The topological polar surface area (TPSA) is 33.2 Å². The van der Waals surface area contributed by atoms with Gasteiger partial charge in [-0.25, -0.2) is 0 Å². The van der Waals surface area contributed by atoms with Crippen LogP contribution in [-0.4, -0.2) is 28.9 Å². The van der Waals surface area contributed by atoms with Gasteiger partial charge in [-0.2, -0.15) is 0 Å². The summed E-state index contributed by atoms with van der Waals surface area (Å²) in [6.07, 6.45) is 4.67. The van der Waals surface area contributed by atoms with E-state index < -0.39 is 0 Å². The molecule has 1 aromatic carbocycles. The molecule has 1 aromatic heterocycles. The Morgan fingerprint density at radius 2 is 1.85 bits per heavy atom. The zero-order valence-corrected chi connectivity index (χ0v) is 11.6. The molecule has 1 saturated heterocycles. The molecule has 0 aliphatic carbocycles. The summed E-state index contributed by atoms with van der Waals surface area (Å²) < 4.78 is 0. The van der Waals surface area contributed by atoms with E-state index in [1.165, 1.54) is 11.1 Å². The van der Waals surface area contributed by atoms with Crippen molar-refractivity contribution in [3.05, 3.63) is 65.5 Å². The number of hydrogen-bond donors (Lipinski definition) is 0. The van der Waals surface area contributed by atoms with Gasteiger partial charge < -0.3 is 4.90 Å². The zero-order chi connectivity index (χ0) is 13.9. The van der Waals surface area contributed by atoms with Gasteiger partial charge in [-0.1, -0.05) is 17.7 Å². The molecule has 3 rings (SSSR count). The molecule has 1 unspecified atom stereocenters. The number of likely N-dealkylation sites (tertiary alicyclic amines) is 1. The summed E-state index contributed by atoms with van der Waals surface area (Å²) in [5.41, 5.74) is 3.24. The molecule has 1 fully saturated rings. The first kappa shape index (κ1) is 12.9. The molecule has 0 radical (unpaired) electrons. The normalized spacial score (nSPS) is 18.2. The van der Waals surface area contributed by atoms with Crippen molar-refractivity contribution in [3.8, 4) is 0 Å². The predicted molar refractivity (Wildman–Crippen MR) is 78.7 cm³/mol. The van der Waals surface area contributed by atoms with Crippen LogP contribution in [0.1, 0.15) is 33.8 Å². The van der Waals surface area contributed by atoms with E-state index in [0.717, 1.165) is 25.1 Å². The molecular weight excluding hydrogens is 248 g/mol. The highest BCUT2D eigenvalue weighted by atomic mass is 16.2. The lowest BCUT2D eigenvalue weighted by molar-refractivity contribution is 0.0791. The predicted octanol–water partition coefficient (Wildman–Crippen LogP) is 3.02. The lowest BCUT2D eigenvalue weighted by Crippen LogP contribution is -2.28. The lowest BCUT2D eigenvalue weighted by atomic mass is 10.00. The van der Waals surface area contributed by atoms with Crippen LogP contribution in [0, 0.1) is 6.92 Å². The van der Waals surface area contributed by atoms with Crippen LogP contribution >= 0.6 is 0 Å². The van der Waals surface area contributed by atoms with E-state index in [-0.39, 0.29) is 5.91 Å². The minimum atomic E-state index is 0.140. The van der Waals surface area contributed by atoms with Crippen LogP contribution in [-0.2, 0) is 0 Å². The molecule has 0 bridgehead atoms. The van der Waals surface area contributed by atoms with Gasteiger partial charge in [0.15, 0.2) is 0 Å². The zero-order valence-electron chi connectivity index (χ0n) is 11.6. The minimum absolute atomic E-state index is 0.140. The fourth-order valence-corrected chi connectivity index (χ4v) is 2.73. The smallest absolute Gasteiger partial charge is 0.253 e. The molecule has 3 nitrogen and oxygen atoms in total. The Bertz CT molecular complexity index is 592. The summed E-state index contributed by atoms with van der Waals surface area (Å²) in [5, 5.41) is 0. The van der Waals surface area contributed by atoms with Gasteiger partial charge >= 0.3 is 0 Å². The fourth-order valence-electron chi connectivity index (χ4n) is 2.73. The molecule has 1 atom stereocenters. The van der Waals surface area contributed by atoms with Gasteiger partial charge in [-0.05, 0) is 43.2 Å². The van der Waals surface area contributed by atoms with Crippen molar-refractivity contribution in [1.82, 2.24) is 9.88 Å². The number of aromatic nitrogens is 1. The maximum absolute atomic E-state index is 12.4. The van der Waals surface area contributed by atoms with Gasteiger partial charge in [0.1, 0.15) is 0 Å². The van der Waals surface area contributed by atoms with Gasteiger partial charge in [0.25, 0.3) is 5.91 Å². The molecule has 3 heteroatoms. The van der Waals surface area contributed by atoms with Gasteiger partial charge in [0.2, 0.25) is 0 Å². The third kappa shape index (κ3) is 2.57. The summed E-state index contributed by atoms with van der Waals surface area (Å²) in [5.74, 6) is 0.578. The first-order chi connectivity index (χ1) is 9.74. The van der Waals surface area contributed by atoms with E-state index in [2.05, 4.69) is 4.98 Å². The second kappa shape index (κ2) is 5.45. The van der Waals surface area contributed by atoms with Crippen molar-refractivity contribution >= 4 is 5.91 Å². The SMILES string of the molecule is Cc1ccc(C(=O)N2CCC(c3ccncc3)C2)cc1. The van der Waals surface area contributed by atoms with Crippen LogP contribution in [0.4, 0.5) is 0 Å². The van der Waals surface area contributed by atoms with Crippen LogP contribution < -0.4 is 0 Å². The average Bonchev–Trinajstić information content (AvgIpc) is 2.98. The number of amides is 1. The number of carbonyl (C=O) groups excluding carboxylic acids is 1. The van der Waals surface area contributed by atoms with E-state index in [4.69, 9.17) is 0 Å². The highest BCUT2D eigenvalue weighted by Crippen LogP contribution is 2.27. The molecule has 2 aromatic rings. The van der Waals surface area contributed by atoms with E-state index in [1.54, 1.807) is 0 Å². The van der Waals surface area contributed by atoms with E-state index in [9.17, 15) is 4.79 Å². The number of hydrogen-bond acceptors (Lipinski definition) is 2.